The molecule has 62 heavy (non-hydrogen) atoms. The fraction of sp³-hybridized carbons (Fsp3) is 0.444. The van der Waals surface area contributed by atoms with E-state index in [0.29, 0.717) is 6.61 Å². The summed E-state index contributed by atoms with van der Waals surface area (Å²) in [6.45, 7) is 4.48. The Balaban J connectivity index is 1.25. The van der Waals surface area contributed by atoms with Gasteiger partial charge in [0, 0.05) is 4.91 Å². The van der Waals surface area contributed by atoms with E-state index in [4.69, 9.17) is 87.6 Å². The number of hydrogen-bond donors (Lipinski definition) is 1. The average molecular weight is 912 g/mol. The molecule has 4 aromatic carbocycles. The number of nitrogens with zero attached hydrogens (tertiary/aromatic N) is 3. The molecule has 14 nitrogen and oxygen atoms in total. The molecule has 0 bridgehead atoms. The van der Waals surface area contributed by atoms with Crippen LogP contribution in [0.25, 0.3) is 10.4 Å². The summed E-state index contributed by atoms with van der Waals surface area (Å²) >= 11 is 18.2. The van der Waals surface area contributed by atoms with Gasteiger partial charge >= 0.3 is 0 Å². The molecular formula is C45H49Cl3N4O10. The molecule has 0 saturated carbocycles. The van der Waals surface area contributed by atoms with E-state index in [-0.39, 0.29) is 33.0 Å². The van der Waals surface area contributed by atoms with Crippen LogP contribution in [0.1, 0.15) is 36.1 Å². The Morgan fingerprint density at radius 2 is 1.10 bits per heavy atom. The van der Waals surface area contributed by atoms with Gasteiger partial charge in [-0.3, -0.25) is 5.41 Å². The van der Waals surface area contributed by atoms with E-state index in [0.717, 1.165) is 22.3 Å². The monoisotopic (exact) mass is 910 g/mol. The zero-order valence-corrected chi connectivity index (χ0v) is 36.4. The van der Waals surface area contributed by atoms with Crippen molar-refractivity contribution in [1.82, 2.24) is 0 Å². The second-order valence-electron chi connectivity index (χ2n) is 15.4. The van der Waals surface area contributed by atoms with E-state index < -0.39 is 76.8 Å². The number of fused-ring (bicyclic) bond motifs is 1. The highest BCUT2D eigenvalue weighted by Gasteiger charge is 2.58. The van der Waals surface area contributed by atoms with Gasteiger partial charge in [0.25, 0.3) is 3.79 Å². The molecule has 3 aliphatic rings. The van der Waals surface area contributed by atoms with Crippen molar-refractivity contribution >= 4 is 40.7 Å². The third kappa shape index (κ3) is 12.5. The van der Waals surface area contributed by atoms with Crippen LogP contribution in [0.3, 0.4) is 0 Å². The number of ether oxygens (including phenoxy) is 10. The minimum atomic E-state index is -2.26. The van der Waals surface area contributed by atoms with E-state index in [2.05, 4.69) is 10.0 Å². The molecule has 0 amide bonds. The molecule has 1 N–H and O–H groups in total. The van der Waals surface area contributed by atoms with Gasteiger partial charge in [-0.2, -0.15) is 0 Å². The van der Waals surface area contributed by atoms with Crippen molar-refractivity contribution in [2.45, 2.75) is 111 Å². The fourth-order valence-corrected chi connectivity index (χ4v) is 7.66. The zero-order valence-electron chi connectivity index (χ0n) is 34.1. The second-order valence-corrected chi connectivity index (χ2v) is 17.7. The summed E-state index contributed by atoms with van der Waals surface area (Å²) < 4.78 is 62.9. The summed E-state index contributed by atoms with van der Waals surface area (Å²) in [5, 5.41) is 12.5. The van der Waals surface area contributed by atoms with E-state index >= 15 is 0 Å². The van der Waals surface area contributed by atoms with Gasteiger partial charge in [0.1, 0.15) is 48.8 Å². The highest BCUT2D eigenvalue weighted by Crippen LogP contribution is 2.42. The molecule has 0 aromatic heterocycles. The molecule has 10 atom stereocenters. The van der Waals surface area contributed by atoms with Crippen molar-refractivity contribution in [2.24, 2.45) is 5.11 Å². The van der Waals surface area contributed by atoms with Crippen LogP contribution in [0.5, 0.6) is 0 Å². The van der Waals surface area contributed by atoms with E-state index in [1.54, 1.807) is 0 Å². The van der Waals surface area contributed by atoms with Gasteiger partial charge in [0.15, 0.2) is 12.1 Å². The molecule has 3 aliphatic heterocycles. The first-order valence-electron chi connectivity index (χ1n) is 20.2. The number of azide groups is 1. The summed E-state index contributed by atoms with van der Waals surface area (Å²) in [5.74, 6) is -1.77. The Kier molecular flexibility index (Phi) is 16.2. The van der Waals surface area contributed by atoms with Crippen molar-refractivity contribution in [2.75, 3.05) is 13.2 Å². The lowest BCUT2D eigenvalue weighted by Crippen LogP contribution is -2.65. The molecule has 3 heterocycles. The molecule has 7 rings (SSSR count). The molecule has 17 heteroatoms. The Bertz CT molecular complexity index is 2050. The quantitative estimate of drug-likeness (QED) is 0.0254. The lowest BCUT2D eigenvalue weighted by atomic mass is 9.95. The standard InChI is InChI=1S/C45H49Cl3N4O10/c1-44(2)61-37-34(28-54-24-30-17-9-4-10-18-30)58-42(40(39(37)62-44)56-26-32-21-13-6-14-22-32)59-36-33(27-53-23-29-15-7-3-8-16-29)57-41(60-43(49)45(46,47)48)35(51-52-50)38(36)55-25-31-19-11-5-12-20-31/h3-22,33-42,49H,23-28H2,1-2H3/t33-,34-,35-,36-,37+,38-,39+,40-,41+,42+/m1/s1. The first-order chi connectivity index (χ1) is 30.0. The average Bonchev–Trinajstić information content (AvgIpc) is 3.60. The predicted molar refractivity (Wildman–Crippen MR) is 230 cm³/mol. The Hall–Kier alpha value is -3.83. The molecule has 0 spiro atoms. The molecular weight excluding hydrogens is 863 g/mol. The lowest BCUT2D eigenvalue weighted by molar-refractivity contribution is -0.345. The first kappa shape index (κ1) is 46.2. The lowest BCUT2D eigenvalue weighted by Gasteiger charge is -2.48. The van der Waals surface area contributed by atoms with Gasteiger partial charge in [-0.15, -0.1) is 0 Å². The maximum absolute atomic E-state index is 9.95. The fourth-order valence-electron chi connectivity index (χ4n) is 7.52. The highest BCUT2D eigenvalue weighted by molar-refractivity contribution is 6.76. The number of nitrogens with one attached hydrogen (secondary N) is 1. The van der Waals surface area contributed by atoms with Crippen LogP contribution in [0, 0.1) is 5.41 Å². The maximum Gasteiger partial charge on any atom is 0.265 e. The van der Waals surface area contributed by atoms with Crippen molar-refractivity contribution in [3.05, 3.63) is 154 Å². The van der Waals surface area contributed by atoms with Crippen LogP contribution >= 0.6 is 34.8 Å². The number of benzene rings is 4. The summed E-state index contributed by atoms with van der Waals surface area (Å²) in [7, 11) is 0. The van der Waals surface area contributed by atoms with Crippen molar-refractivity contribution in [3.8, 4) is 0 Å². The van der Waals surface area contributed by atoms with E-state index in [9.17, 15) is 5.53 Å². The molecule has 0 aliphatic carbocycles. The van der Waals surface area contributed by atoms with Crippen LogP contribution < -0.4 is 0 Å². The number of halogens is 3. The van der Waals surface area contributed by atoms with Crippen LogP contribution in [-0.4, -0.2) is 90.0 Å². The SMILES string of the molecule is CC1(C)O[C@H]2[C@@H](O1)[C@@H](COCc1ccccc1)O[C@@H](O[C@H]1[C@H](OCc3ccccc3)[C@@H](N=[N+]=[N-])[C@H](OC(=N)C(Cl)(Cl)Cl)O[C@@H]1COCc1ccccc1)[C@@H]2OCc1ccccc1. The number of hydrogen-bond acceptors (Lipinski definition) is 12. The van der Waals surface area contributed by atoms with Gasteiger partial charge in [-0.05, 0) is 41.6 Å². The Labute approximate surface area is 375 Å². The maximum atomic E-state index is 9.95. The first-order valence-corrected chi connectivity index (χ1v) is 21.3. The third-order valence-corrected chi connectivity index (χ3v) is 10.9. The van der Waals surface area contributed by atoms with Crippen molar-refractivity contribution < 1.29 is 47.4 Å². The number of rotatable bonds is 18. The molecule has 0 unspecified atom stereocenters. The number of alkyl halides is 3. The molecule has 330 valence electrons. The minimum Gasteiger partial charge on any atom is -0.448 e. The van der Waals surface area contributed by atoms with Crippen LogP contribution in [0.4, 0.5) is 0 Å². The van der Waals surface area contributed by atoms with E-state index in [1.807, 2.05) is 135 Å². The second kappa shape index (κ2) is 21.7. The van der Waals surface area contributed by atoms with Gasteiger partial charge in [-0.25, -0.2) is 0 Å². The summed E-state index contributed by atoms with van der Waals surface area (Å²) in [6, 6.07) is 37.2. The Morgan fingerprint density at radius 1 is 0.645 bits per heavy atom. The van der Waals surface area contributed by atoms with Crippen LogP contribution in [-0.2, 0) is 73.8 Å². The highest BCUT2D eigenvalue weighted by atomic mass is 35.6. The normalized spacial score (nSPS) is 28.1. The van der Waals surface area contributed by atoms with Crippen molar-refractivity contribution in [3.63, 3.8) is 0 Å². The largest absolute Gasteiger partial charge is 0.448 e. The minimum absolute atomic E-state index is 0.0558. The summed E-state index contributed by atoms with van der Waals surface area (Å²) in [5.41, 5.74) is 13.6. The van der Waals surface area contributed by atoms with Crippen LogP contribution in [0.2, 0.25) is 0 Å². The van der Waals surface area contributed by atoms with Gasteiger partial charge in [0.2, 0.25) is 12.2 Å². The van der Waals surface area contributed by atoms with Gasteiger partial charge < -0.3 is 47.4 Å². The third-order valence-electron chi connectivity index (χ3n) is 10.4. The molecule has 4 aromatic rings. The smallest absolute Gasteiger partial charge is 0.265 e. The molecule has 3 saturated heterocycles. The Morgan fingerprint density at radius 3 is 1.60 bits per heavy atom. The van der Waals surface area contributed by atoms with Crippen molar-refractivity contribution in [1.29, 1.82) is 5.41 Å². The predicted octanol–water partition coefficient (Wildman–Crippen LogP) is 8.99. The molecule has 3 fully saturated rings. The van der Waals surface area contributed by atoms with Gasteiger partial charge in [0.05, 0.1) is 39.6 Å². The zero-order chi connectivity index (χ0) is 43.5. The topological polar surface area (TPSA) is 165 Å². The summed E-state index contributed by atoms with van der Waals surface area (Å²) in [4.78, 5) is 3.12. The molecule has 0 radical (unpaired) electrons. The van der Waals surface area contributed by atoms with Gasteiger partial charge in [-0.1, -0.05) is 161 Å². The van der Waals surface area contributed by atoms with E-state index in [1.165, 1.54) is 0 Å². The summed E-state index contributed by atoms with van der Waals surface area (Å²) in [6.07, 6.45) is -8.75. The van der Waals surface area contributed by atoms with Crippen LogP contribution in [0.15, 0.2) is 126 Å².